The summed E-state index contributed by atoms with van der Waals surface area (Å²) in [7, 11) is 0. The van der Waals surface area contributed by atoms with Gasteiger partial charge >= 0.3 is 5.63 Å². The summed E-state index contributed by atoms with van der Waals surface area (Å²) in [5, 5.41) is 0.873. The molecule has 3 heteroatoms. The van der Waals surface area contributed by atoms with E-state index in [0.717, 1.165) is 10.9 Å². The van der Waals surface area contributed by atoms with Crippen LogP contribution in [0.4, 0.5) is 0 Å². The van der Waals surface area contributed by atoms with Crippen molar-refractivity contribution in [2.45, 2.75) is 13.8 Å². The lowest BCUT2D eigenvalue weighted by molar-refractivity contribution is 0.361. The molecule has 3 rings (SSSR count). The number of ether oxygens (including phenoxy) is 1. The normalized spacial score (nSPS) is 10.5. The molecule has 0 aliphatic carbocycles. The van der Waals surface area contributed by atoms with Crippen LogP contribution in [0.5, 0.6) is 5.75 Å². The van der Waals surface area contributed by atoms with E-state index in [1.807, 2.05) is 68.5 Å². The Hall–Kier alpha value is -2.81. The Morgan fingerprint density at radius 2 is 1.87 bits per heavy atom. The molecule has 0 amide bonds. The molecule has 0 spiro atoms. The smallest absolute Gasteiger partial charge is 0.344 e. The Balaban J connectivity index is 1.96. The van der Waals surface area contributed by atoms with Gasteiger partial charge in [-0.25, -0.2) is 4.79 Å². The van der Waals surface area contributed by atoms with Crippen LogP contribution in [0.2, 0.25) is 0 Å². The standard InChI is InChI=1S/C20H18O3/c1-14(2)10-11-22-17-9-8-16-12-18(15-6-4-3-5-7-15)20(21)23-19(16)13-17/h3-10,12-13H,11H2,1-2H3. The van der Waals surface area contributed by atoms with Gasteiger partial charge in [0.2, 0.25) is 0 Å². The maximum atomic E-state index is 12.2. The number of fused-ring (bicyclic) bond motifs is 1. The lowest BCUT2D eigenvalue weighted by atomic mass is 10.1. The van der Waals surface area contributed by atoms with Crippen molar-refractivity contribution in [1.82, 2.24) is 0 Å². The van der Waals surface area contributed by atoms with Crippen molar-refractivity contribution in [1.29, 1.82) is 0 Å². The second kappa shape index (κ2) is 6.53. The Bertz CT molecular complexity index is 901. The molecule has 0 fully saturated rings. The van der Waals surface area contributed by atoms with Crippen LogP contribution in [-0.2, 0) is 0 Å². The summed E-state index contributed by atoms with van der Waals surface area (Å²) < 4.78 is 11.1. The van der Waals surface area contributed by atoms with Crippen LogP contribution in [0.25, 0.3) is 22.1 Å². The minimum Gasteiger partial charge on any atom is -0.489 e. The summed E-state index contributed by atoms with van der Waals surface area (Å²) in [6, 6.07) is 16.9. The molecule has 0 atom stereocenters. The van der Waals surface area contributed by atoms with E-state index in [-0.39, 0.29) is 5.63 Å². The summed E-state index contributed by atoms with van der Waals surface area (Å²) in [6.45, 7) is 4.54. The third-order valence-corrected chi connectivity index (χ3v) is 3.53. The third-order valence-electron chi connectivity index (χ3n) is 3.53. The predicted molar refractivity (Wildman–Crippen MR) is 92.8 cm³/mol. The molecule has 23 heavy (non-hydrogen) atoms. The minimum atomic E-state index is -0.342. The van der Waals surface area contributed by atoms with Gasteiger partial charge < -0.3 is 9.15 Å². The second-order valence-electron chi connectivity index (χ2n) is 5.61. The number of rotatable bonds is 4. The predicted octanol–water partition coefficient (Wildman–Crippen LogP) is 4.81. The molecule has 0 saturated heterocycles. The van der Waals surface area contributed by atoms with Crippen molar-refractivity contribution in [2.75, 3.05) is 6.61 Å². The zero-order valence-corrected chi connectivity index (χ0v) is 13.2. The van der Waals surface area contributed by atoms with E-state index in [9.17, 15) is 4.79 Å². The highest BCUT2D eigenvalue weighted by Crippen LogP contribution is 2.24. The molecule has 3 aromatic rings. The maximum absolute atomic E-state index is 12.2. The van der Waals surface area contributed by atoms with Crippen LogP contribution in [0.15, 0.2) is 75.5 Å². The van der Waals surface area contributed by atoms with E-state index < -0.39 is 0 Å². The van der Waals surface area contributed by atoms with Gasteiger partial charge in [-0.05, 0) is 43.7 Å². The molecule has 0 N–H and O–H groups in total. The second-order valence-corrected chi connectivity index (χ2v) is 5.61. The molecular formula is C20H18O3. The third kappa shape index (κ3) is 3.51. The van der Waals surface area contributed by atoms with E-state index >= 15 is 0 Å². The summed E-state index contributed by atoms with van der Waals surface area (Å²) in [6.07, 6.45) is 2.00. The Labute approximate surface area is 134 Å². The number of hydrogen-bond donors (Lipinski definition) is 0. The SMILES string of the molecule is CC(C)=CCOc1ccc2cc(-c3ccccc3)c(=O)oc2c1. The van der Waals surface area contributed by atoms with Crippen molar-refractivity contribution in [3.63, 3.8) is 0 Å². The lowest BCUT2D eigenvalue weighted by Crippen LogP contribution is -2.02. The van der Waals surface area contributed by atoms with Crippen LogP contribution >= 0.6 is 0 Å². The van der Waals surface area contributed by atoms with Crippen LogP contribution < -0.4 is 10.4 Å². The highest BCUT2D eigenvalue weighted by molar-refractivity contribution is 5.82. The first kappa shape index (κ1) is 15.1. The number of hydrogen-bond acceptors (Lipinski definition) is 3. The zero-order valence-electron chi connectivity index (χ0n) is 13.2. The van der Waals surface area contributed by atoms with Gasteiger partial charge in [0.1, 0.15) is 17.9 Å². The topological polar surface area (TPSA) is 39.4 Å². The molecule has 0 aliphatic heterocycles. The average Bonchev–Trinajstić information content (AvgIpc) is 2.54. The fraction of sp³-hybridized carbons (Fsp3) is 0.150. The molecule has 1 heterocycles. The van der Waals surface area contributed by atoms with E-state index in [4.69, 9.17) is 9.15 Å². The molecule has 1 aromatic heterocycles. The van der Waals surface area contributed by atoms with Crippen LogP contribution in [0, 0.1) is 0 Å². The van der Waals surface area contributed by atoms with Crippen molar-refractivity contribution in [2.24, 2.45) is 0 Å². The van der Waals surface area contributed by atoms with Gasteiger partial charge in [-0.1, -0.05) is 35.9 Å². The highest BCUT2D eigenvalue weighted by atomic mass is 16.5. The van der Waals surface area contributed by atoms with E-state index in [2.05, 4.69) is 0 Å². The van der Waals surface area contributed by atoms with Crippen molar-refractivity contribution in [3.05, 3.63) is 76.7 Å². The van der Waals surface area contributed by atoms with Gasteiger partial charge in [-0.2, -0.15) is 0 Å². The Morgan fingerprint density at radius 1 is 1.09 bits per heavy atom. The van der Waals surface area contributed by atoms with Crippen molar-refractivity contribution >= 4 is 11.0 Å². The Morgan fingerprint density at radius 3 is 2.61 bits per heavy atom. The maximum Gasteiger partial charge on any atom is 0.344 e. The van der Waals surface area contributed by atoms with E-state index in [1.54, 1.807) is 6.07 Å². The zero-order chi connectivity index (χ0) is 16.2. The van der Waals surface area contributed by atoms with Gasteiger partial charge in [-0.15, -0.1) is 0 Å². The molecule has 116 valence electrons. The van der Waals surface area contributed by atoms with Gasteiger partial charge in [-0.3, -0.25) is 0 Å². The van der Waals surface area contributed by atoms with Gasteiger partial charge in [0.15, 0.2) is 0 Å². The van der Waals surface area contributed by atoms with Crippen molar-refractivity contribution < 1.29 is 9.15 Å². The van der Waals surface area contributed by atoms with Crippen LogP contribution in [0.1, 0.15) is 13.8 Å². The summed E-state index contributed by atoms with van der Waals surface area (Å²) in [4.78, 5) is 12.2. The molecular weight excluding hydrogens is 288 g/mol. The molecule has 2 aromatic carbocycles. The van der Waals surface area contributed by atoms with Crippen LogP contribution in [0.3, 0.4) is 0 Å². The Kier molecular flexibility index (Phi) is 4.29. The molecule has 3 nitrogen and oxygen atoms in total. The summed E-state index contributed by atoms with van der Waals surface area (Å²) in [5.74, 6) is 0.686. The molecule has 0 saturated carbocycles. The minimum absolute atomic E-state index is 0.342. The van der Waals surface area contributed by atoms with Crippen molar-refractivity contribution in [3.8, 4) is 16.9 Å². The first-order valence-corrected chi connectivity index (χ1v) is 7.53. The molecule has 0 unspecified atom stereocenters. The number of allylic oxidation sites excluding steroid dienone is 1. The average molecular weight is 306 g/mol. The van der Waals surface area contributed by atoms with Gasteiger partial charge in [0.05, 0.1) is 5.56 Å². The fourth-order valence-electron chi connectivity index (χ4n) is 2.30. The van der Waals surface area contributed by atoms with E-state index in [1.165, 1.54) is 5.57 Å². The molecule has 0 radical (unpaired) electrons. The van der Waals surface area contributed by atoms with E-state index in [0.29, 0.717) is 23.5 Å². The number of benzene rings is 2. The monoisotopic (exact) mass is 306 g/mol. The first-order valence-electron chi connectivity index (χ1n) is 7.53. The lowest BCUT2D eigenvalue weighted by Gasteiger charge is -2.06. The summed E-state index contributed by atoms with van der Waals surface area (Å²) in [5.41, 5.74) is 2.81. The molecule has 0 bridgehead atoms. The highest BCUT2D eigenvalue weighted by Gasteiger charge is 2.08. The largest absolute Gasteiger partial charge is 0.489 e. The first-order chi connectivity index (χ1) is 11.1. The van der Waals surface area contributed by atoms with Crippen LogP contribution in [-0.4, -0.2) is 6.61 Å². The van der Waals surface area contributed by atoms with Gasteiger partial charge in [0, 0.05) is 11.5 Å². The van der Waals surface area contributed by atoms with Gasteiger partial charge in [0.25, 0.3) is 0 Å². The molecule has 0 aliphatic rings. The summed E-state index contributed by atoms with van der Waals surface area (Å²) >= 11 is 0. The fourth-order valence-corrected chi connectivity index (χ4v) is 2.30. The quantitative estimate of drug-likeness (QED) is 0.513.